The molecule has 0 radical (unpaired) electrons. The average Bonchev–Trinajstić information content (AvgIpc) is 3.53. The number of H-pyrrole nitrogens is 1. The highest BCUT2D eigenvalue weighted by atomic mass is 19.4. The van der Waals surface area contributed by atoms with E-state index in [9.17, 15) is 31.1 Å². The summed E-state index contributed by atoms with van der Waals surface area (Å²) in [4.78, 5) is 18.3. The summed E-state index contributed by atoms with van der Waals surface area (Å²) in [5.41, 5.74) is -1.66. The summed E-state index contributed by atoms with van der Waals surface area (Å²) >= 11 is 0. The van der Waals surface area contributed by atoms with Crippen molar-refractivity contribution in [2.75, 3.05) is 25.0 Å². The maximum Gasteiger partial charge on any atom is 0.416 e. The van der Waals surface area contributed by atoms with Crippen LogP contribution in [0.1, 0.15) is 53.2 Å². The van der Waals surface area contributed by atoms with Crippen LogP contribution in [0.2, 0.25) is 0 Å². The zero-order valence-electron chi connectivity index (χ0n) is 19.7. The molecule has 0 unspecified atom stereocenters. The maximum atomic E-state index is 13.2. The van der Waals surface area contributed by atoms with Crippen molar-refractivity contribution in [2.24, 2.45) is 5.92 Å². The second kappa shape index (κ2) is 10.2. The number of amides is 1. The maximum absolute atomic E-state index is 13.2. The largest absolute Gasteiger partial charge is 0.416 e. The smallest absolute Gasteiger partial charge is 0.361 e. The van der Waals surface area contributed by atoms with E-state index in [1.807, 2.05) is 6.20 Å². The summed E-state index contributed by atoms with van der Waals surface area (Å²) in [6, 6.07) is 5.80. The molecular weight excluding hydrogens is 484 g/mol. The fourth-order valence-electron chi connectivity index (χ4n) is 4.31. The summed E-state index contributed by atoms with van der Waals surface area (Å²) in [7, 11) is 0. The van der Waals surface area contributed by atoms with E-state index in [4.69, 9.17) is 0 Å². The fourth-order valence-corrected chi connectivity index (χ4v) is 4.31. The van der Waals surface area contributed by atoms with E-state index >= 15 is 0 Å². The molecule has 1 aromatic heterocycles. The van der Waals surface area contributed by atoms with Gasteiger partial charge in [-0.2, -0.15) is 26.3 Å². The molecule has 4 rings (SSSR count). The first-order chi connectivity index (χ1) is 16.9. The fraction of sp³-hybridized carbons (Fsp3) is 0.423. The molecule has 3 aromatic rings. The Balaban J connectivity index is 1.53. The standard InChI is InChI=1S/C26H27F6N3O/c1-2-8-35(15-16-3-4-16)9-7-17-14-33-23-6-5-21(13-22(17)23)34-24(36)18-10-19(25(27,28)29)12-20(11-18)26(30,31)32/h5-6,10-14,16,33H,2-4,7-9,15H2,1H3,(H,34,36). The number of carbonyl (C=O) groups is 1. The monoisotopic (exact) mass is 511 g/mol. The molecule has 1 amide bonds. The molecular formula is C26H27F6N3O. The number of anilines is 1. The van der Waals surface area contributed by atoms with Crippen LogP contribution in [0.3, 0.4) is 0 Å². The summed E-state index contributed by atoms with van der Waals surface area (Å²) in [5, 5.41) is 3.29. The van der Waals surface area contributed by atoms with Gasteiger partial charge in [-0.05, 0) is 80.1 Å². The van der Waals surface area contributed by atoms with Crippen LogP contribution in [-0.4, -0.2) is 35.4 Å². The molecule has 0 aliphatic heterocycles. The van der Waals surface area contributed by atoms with Crippen LogP contribution in [0.25, 0.3) is 10.9 Å². The Kier molecular flexibility index (Phi) is 7.36. The Bertz CT molecular complexity index is 1190. The Morgan fingerprint density at radius 3 is 2.25 bits per heavy atom. The van der Waals surface area contributed by atoms with Gasteiger partial charge in [-0.15, -0.1) is 0 Å². The van der Waals surface area contributed by atoms with Crippen molar-refractivity contribution in [3.05, 3.63) is 64.8 Å². The number of fused-ring (bicyclic) bond motifs is 1. The van der Waals surface area contributed by atoms with Gasteiger partial charge in [0, 0.05) is 41.4 Å². The lowest BCUT2D eigenvalue weighted by Crippen LogP contribution is -2.29. The minimum Gasteiger partial charge on any atom is -0.361 e. The Morgan fingerprint density at radius 2 is 1.67 bits per heavy atom. The molecule has 36 heavy (non-hydrogen) atoms. The molecule has 0 atom stereocenters. The predicted molar refractivity (Wildman–Crippen MR) is 126 cm³/mol. The number of rotatable bonds is 9. The highest BCUT2D eigenvalue weighted by molar-refractivity contribution is 6.05. The van der Waals surface area contributed by atoms with E-state index < -0.39 is 35.0 Å². The number of benzene rings is 2. The number of nitrogens with one attached hydrogen (secondary N) is 2. The lowest BCUT2D eigenvalue weighted by molar-refractivity contribution is -0.143. The summed E-state index contributed by atoms with van der Waals surface area (Å²) in [5.74, 6) is -0.281. The number of aromatic amines is 1. The molecule has 1 aliphatic carbocycles. The molecule has 194 valence electrons. The molecule has 1 aliphatic rings. The predicted octanol–water partition coefficient (Wildman–Crippen LogP) is 7.12. The number of aromatic nitrogens is 1. The molecule has 0 saturated heterocycles. The van der Waals surface area contributed by atoms with Gasteiger partial charge in [-0.1, -0.05) is 6.92 Å². The van der Waals surface area contributed by atoms with Gasteiger partial charge >= 0.3 is 12.4 Å². The van der Waals surface area contributed by atoms with Crippen LogP contribution in [0, 0.1) is 5.92 Å². The molecule has 4 nitrogen and oxygen atoms in total. The molecule has 0 bridgehead atoms. The minimum atomic E-state index is -5.03. The van der Waals surface area contributed by atoms with Crippen molar-refractivity contribution < 1.29 is 31.1 Å². The van der Waals surface area contributed by atoms with Gasteiger partial charge in [0.25, 0.3) is 5.91 Å². The minimum absolute atomic E-state index is 0.0000275. The second-order valence-electron chi connectivity index (χ2n) is 9.32. The molecule has 1 fully saturated rings. The van der Waals surface area contributed by atoms with E-state index in [1.165, 1.54) is 12.8 Å². The molecule has 2 N–H and O–H groups in total. The highest BCUT2D eigenvalue weighted by Gasteiger charge is 2.37. The Hall–Kier alpha value is -3.01. The molecule has 0 spiro atoms. The van der Waals surface area contributed by atoms with Gasteiger partial charge in [0.2, 0.25) is 0 Å². The van der Waals surface area contributed by atoms with Gasteiger partial charge in [0.1, 0.15) is 0 Å². The molecule has 1 saturated carbocycles. The first-order valence-electron chi connectivity index (χ1n) is 11.9. The van der Waals surface area contributed by atoms with E-state index in [-0.39, 0.29) is 11.8 Å². The van der Waals surface area contributed by atoms with Crippen molar-refractivity contribution in [3.63, 3.8) is 0 Å². The average molecular weight is 512 g/mol. The highest BCUT2D eigenvalue weighted by Crippen LogP contribution is 2.36. The van der Waals surface area contributed by atoms with Gasteiger partial charge in [0.15, 0.2) is 0 Å². The molecule has 10 heteroatoms. The number of hydrogen-bond acceptors (Lipinski definition) is 2. The van der Waals surface area contributed by atoms with E-state index in [2.05, 4.69) is 22.1 Å². The SMILES string of the molecule is CCCN(CCc1c[nH]c2ccc(NC(=O)c3cc(C(F)(F)F)cc(C(F)(F)F)c3)cc12)CC1CC1. The quantitative estimate of drug-likeness (QED) is 0.301. The first kappa shape index (κ1) is 26.1. The van der Waals surface area contributed by atoms with Crippen LogP contribution in [-0.2, 0) is 18.8 Å². The zero-order valence-corrected chi connectivity index (χ0v) is 19.7. The van der Waals surface area contributed by atoms with Crippen molar-refractivity contribution in [1.82, 2.24) is 9.88 Å². The van der Waals surface area contributed by atoms with Crippen molar-refractivity contribution in [1.29, 1.82) is 0 Å². The third kappa shape index (κ3) is 6.40. The number of alkyl halides is 6. The molecule has 1 heterocycles. The number of halogens is 6. The Labute approximate surface area is 204 Å². The van der Waals surface area contributed by atoms with Crippen LogP contribution >= 0.6 is 0 Å². The van der Waals surface area contributed by atoms with Crippen molar-refractivity contribution in [2.45, 2.75) is 45.0 Å². The van der Waals surface area contributed by atoms with E-state index in [0.29, 0.717) is 12.1 Å². The number of carbonyl (C=O) groups excluding carboxylic acids is 1. The third-order valence-corrected chi connectivity index (χ3v) is 6.33. The normalized spacial score (nSPS) is 14.6. The van der Waals surface area contributed by atoms with E-state index in [1.54, 1.807) is 18.2 Å². The van der Waals surface area contributed by atoms with Crippen LogP contribution < -0.4 is 5.32 Å². The lowest BCUT2D eigenvalue weighted by atomic mass is 10.0. The van der Waals surface area contributed by atoms with Gasteiger partial charge in [-0.3, -0.25) is 4.79 Å². The number of nitrogens with zero attached hydrogens (tertiary/aromatic N) is 1. The first-order valence-corrected chi connectivity index (χ1v) is 11.9. The van der Waals surface area contributed by atoms with Gasteiger partial charge in [0.05, 0.1) is 11.1 Å². The molecule has 2 aromatic carbocycles. The topological polar surface area (TPSA) is 48.1 Å². The lowest BCUT2D eigenvalue weighted by Gasteiger charge is -2.21. The zero-order chi connectivity index (χ0) is 26.1. The third-order valence-electron chi connectivity index (χ3n) is 6.33. The van der Waals surface area contributed by atoms with Gasteiger partial charge in [-0.25, -0.2) is 0 Å². The summed E-state index contributed by atoms with van der Waals surface area (Å²) in [6.45, 7) is 5.10. The van der Waals surface area contributed by atoms with Crippen LogP contribution in [0.4, 0.5) is 32.0 Å². The second-order valence-corrected chi connectivity index (χ2v) is 9.32. The van der Waals surface area contributed by atoms with Gasteiger partial charge < -0.3 is 15.2 Å². The van der Waals surface area contributed by atoms with Crippen molar-refractivity contribution in [3.8, 4) is 0 Å². The van der Waals surface area contributed by atoms with Crippen LogP contribution in [0.5, 0.6) is 0 Å². The van der Waals surface area contributed by atoms with Crippen molar-refractivity contribution >= 4 is 22.5 Å². The summed E-state index contributed by atoms with van der Waals surface area (Å²) < 4.78 is 78.9. The summed E-state index contributed by atoms with van der Waals surface area (Å²) in [6.07, 6.45) is -3.80. The Morgan fingerprint density at radius 1 is 1.00 bits per heavy atom. The van der Waals surface area contributed by atoms with E-state index in [0.717, 1.165) is 54.9 Å². The van der Waals surface area contributed by atoms with Crippen LogP contribution in [0.15, 0.2) is 42.6 Å². The number of hydrogen-bond donors (Lipinski definition) is 2.